The third kappa shape index (κ3) is 3.01. The van der Waals surface area contributed by atoms with Gasteiger partial charge in [-0.3, -0.25) is 0 Å². The summed E-state index contributed by atoms with van der Waals surface area (Å²) in [5.74, 6) is 4.47. The van der Waals surface area contributed by atoms with Crippen molar-refractivity contribution in [1.29, 1.82) is 0 Å². The van der Waals surface area contributed by atoms with Crippen molar-refractivity contribution in [3.8, 4) is 11.8 Å². The van der Waals surface area contributed by atoms with Crippen LogP contribution in [0.25, 0.3) is 0 Å². The summed E-state index contributed by atoms with van der Waals surface area (Å²) in [4.78, 5) is -0.0259. The zero-order valence-corrected chi connectivity index (χ0v) is 12.1. The van der Waals surface area contributed by atoms with Gasteiger partial charge in [0.25, 0.3) is 0 Å². The fraction of sp³-hybridized carbons (Fsp3) is 0.429. The fourth-order valence-corrected chi connectivity index (χ4v) is 3.73. The maximum atomic E-state index is 13.9. The van der Waals surface area contributed by atoms with Gasteiger partial charge in [-0.15, -0.1) is 0 Å². The molecule has 0 unspecified atom stereocenters. The Morgan fingerprint density at radius 2 is 2.15 bits per heavy atom. The van der Waals surface area contributed by atoms with E-state index < -0.39 is 15.8 Å². The average Bonchev–Trinajstić information content (AvgIpc) is 3.22. The number of rotatable bonds is 4. The van der Waals surface area contributed by atoms with Gasteiger partial charge in [-0.1, -0.05) is 18.8 Å². The van der Waals surface area contributed by atoms with Crippen LogP contribution in [-0.4, -0.2) is 31.9 Å². The van der Waals surface area contributed by atoms with E-state index in [0.29, 0.717) is 6.54 Å². The van der Waals surface area contributed by atoms with Crippen LogP contribution >= 0.6 is 0 Å². The molecule has 0 amide bonds. The molecule has 1 aromatic rings. The largest absolute Gasteiger partial charge is 0.320 e. The molecule has 1 aliphatic rings. The molecule has 2 rings (SSSR count). The summed E-state index contributed by atoms with van der Waals surface area (Å²) in [6, 6.07) is 3.86. The number of nitrogens with two attached hydrogens (primary N) is 1. The van der Waals surface area contributed by atoms with Crippen molar-refractivity contribution in [2.24, 2.45) is 5.73 Å². The summed E-state index contributed by atoms with van der Waals surface area (Å²) in [5, 5.41) is 0. The van der Waals surface area contributed by atoms with E-state index in [1.807, 2.05) is 0 Å². The van der Waals surface area contributed by atoms with Gasteiger partial charge in [0.2, 0.25) is 10.0 Å². The SMILES string of the molecule is CCN(C1CC1)S(=O)(=O)c1ccc(C#CCN)c(F)c1. The molecule has 108 valence electrons. The van der Waals surface area contributed by atoms with Gasteiger partial charge in [-0.2, -0.15) is 4.31 Å². The molecule has 0 spiro atoms. The molecule has 1 saturated carbocycles. The molecule has 0 saturated heterocycles. The molecule has 2 N–H and O–H groups in total. The lowest BCUT2D eigenvalue weighted by Crippen LogP contribution is -2.32. The smallest absolute Gasteiger partial charge is 0.243 e. The van der Waals surface area contributed by atoms with E-state index in [-0.39, 0.29) is 23.0 Å². The topological polar surface area (TPSA) is 63.4 Å². The second-order valence-electron chi connectivity index (χ2n) is 4.59. The van der Waals surface area contributed by atoms with E-state index >= 15 is 0 Å². The van der Waals surface area contributed by atoms with Gasteiger partial charge in [-0.05, 0) is 31.0 Å². The van der Waals surface area contributed by atoms with E-state index in [2.05, 4.69) is 11.8 Å². The lowest BCUT2D eigenvalue weighted by Gasteiger charge is -2.20. The molecule has 0 radical (unpaired) electrons. The van der Waals surface area contributed by atoms with Crippen LogP contribution in [0.15, 0.2) is 23.1 Å². The van der Waals surface area contributed by atoms with Crippen LogP contribution < -0.4 is 5.73 Å². The average molecular weight is 296 g/mol. The third-order valence-corrected chi connectivity index (χ3v) is 5.16. The minimum atomic E-state index is -3.63. The zero-order valence-electron chi connectivity index (χ0n) is 11.3. The molecule has 0 atom stereocenters. The van der Waals surface area contributed by atoms with Crippen LogP contribution in [0.3, 0.4) is 0 Å². The van der Waals surface area contributed by atoms with Gasteiger partial charge in [-0.25, -0.2) is 12.8 Å². The predicted octanol–water partition coefficient (Wildman–Crippen LogP) is 1.31. The third-order valence-electron chi connectivity index (χ3n) is 3.14. The Balaban J connectivity index is 2.35. The standard InChI is InChI=1S/C14H17FN2O2S/c1-2-17(12-6-7-12)20(18,19)13-8-5-11(4-3-9-16)14(15)10-13/h5,8,10,12H,2,6-7,9,16H2,1H3. The number of benzene rings is 1. The maximum Gasteiger partial charge on any atom is 0.243 e. The summed E-state index contributed by atoms with van der Waals surface area (Å²) in [6.07, 6.45) is 1.74. The minimum Gasteiger partial charge on any atom is -0.320 e. The van der Waals surface area contributed by atoms with Crippen molar-refractivity contribution < 1.29 is 12.8 Å². The van der Waals surface area contributed by atoms with Crippen LogP contribution in [0.4, 0.5) is 4.39 Å². The van der Waals surface area contributed by atoms with Gasteiger partial charge in [0.05, 0.1) is 17.0 Å². The highest BCUT2D eigenvalue weighted by Gasteiger charge is 2.37. The van der Waals surface area contributed by atoms with E-state index in [4.69, 9.17) is 5.73 Å². The Morgan fingerprint density at radius 3 is 2.65 bits per heavy atom. The quantitative estimate of drug-likeness (QED) is 0.852. The molecular formula is C14H17FN2O2S. The molecule has 4 nitrogen and oxygen atoms in total. The highest BCUT2D eigenvalue weighted by Crippen LogP contribution is 2.32. The van der Waals surface area contributed by atoms with Crippen molar-refractivity contribution >= 4 is 10.0 Å². The first-order chi connectivity index (χ1) is 9.50. The summed E-state index contributed by atoms with van der Waals surface area (Å²) in [7, 11) is -3.63. The van der Waals surface area contributed by atoms with Gasteiger partial charge in [0, 0.05) is 12.6 Å². The van der Waals surface area contributed by atoms with Crippen LogP contribution in [0.2, 0.25) is 0 Å². The van der Waals surface area contributed by atoms with Crippen molar-refractivity contribution in [1.82, 2.24) is 4.31 Å². The van der Waals surface area contributed by atoms with E-state index in [1.165, 1.54) is 16.4 Å². The molecule has 20 heavy (non-hydrogen) atoms. The molecule has 1 aliphatic carbocycles. The van der Waals surface area contributed by atoms with Crippen LogP contribution in [0.5, 0.6) is 0 Å². The molecule has 0 aliphatic heterocycles. The van der Waals surface area contributed by atoms with Crippen molar-refractivity contribution in [2.45, 2.75) is 30.7 Å². The Labute approximate surface area is 118 Å². The lowest BCUT2D eigenvalue weighted by molar-refractivity contribution is 0.420. The molecule has 0 aromatic heterocycles. The first-order valence-electron chi connectivity index (χ1n) is 6.51. The highest BCUT2D eigenvalue weighted by molar-refractivity contribution is 7.89. The molecule has 1 aromatic carbocycles. The summed E-state index contributed by atoms with van der Waals surface area (Å²) < 4.78 is 40.1. The van der Waals surface area contributed by atoms with Crippen molar-refractivity contribution in [3.05, 3.63) is 29.6 Å². The molecule has 6 heteroatoms. The Kier molecular flexibility index (Phi) is 4.43. The molecule has 0 bridgehead atoms. The maximum absolute atomic E-state index is 13.9. The van der Waals surface area contributed by atoms with Gasteiger partial charge < -0.3 is 5.73 Å². The van der Waals surface area contributed by atoms with Gasteiger partial charge in [0.15, 0.2) is 0 Å². The van der Waals surface area contributed by atoms with E-state index in [9.17, 15) is 12.8 Å². The van der Waals surface area contributed by atoms with Crippen LogP contribution in [0, 0.1) is 17.7 Å². The summed E-state index contributed by atoms with van der Waals surface area (Å²) >= 11 is 0. The number of sulfonamides is 1. The second kappa shape index (κ2) is 5.92. The number of hydrogen-bond acceptors (Lipinski definition) is 3. The Bertz CT molecular complexity index is 657. The number of hydrogen-bond donors (Lipinski definition) is 1. The van der Waals surface area contributed by atoms with Crippen molar-refractivity contribution in [3.63, 3.8) is 0 Å². The van der Waals surface area contributed by atoms with Gasteiger partial charge in [0.1, 0.15) is 5.82 Å². The van der Waals surface area contributed by atoms with E-state index in [1.54, 1.807) is 6.92 Å². The lowest BCUT2D eigenvalue weighted by atomic mass is 10.2. The van der Waals surface area contributed by atoms with Gasteiger partial charge >= 0.3 is 0 Å². The molecular weight excluding hydrogens is 279 g/mol. The summed E-state index contributed by atoms with van der Waals surface area (Å²) in [6.45, 7) is 2.31. The normalized spacial score (nSPS) is 15.0. The molecule has 1 fully saturated rings. The monoisotopic (exact) mass is 296 g/mol. The second-order valence-corrected chi connectivity index (χ2v) is 6.48. The first-order valence-corrected chi connectivity index (χ1v) is 7.95. The van der Waals surface area contributed by atoms with Crippen LogP contribution in [0.1, 0.15) is 25.3 Å². The van der Waals surface area contributed by atoms with Crippen LogP contribution in [-0.2, 0) is 10.0 Å². The number of nitrogens with zero attached hydrogens (tertiary/aromatic N) is 1. The first kappa shape index (κ1) is 15.0. The fourth-order valence-electron chi connectivity index (χ4n) is 2.03. The predicted molar refractivity (Wildman–Crippen MR) is 74.9 cm³/mol. The zero-order chi connectivity index (χ0) is 14.8. The van der Waals surface area contributed by atoms with E-state index in [0.717, 1.165) is 18.9 Å². The molecule has 0 heterocycles. The number of halogens is 1. The summed E-state index contributed by atoms with van der Waals surface area (Å²) in [5.41, 5.74) is 5.38. The van der Waals surface area contributed by atoms with Crippen molar-refractivity contribution in [2.75, 3.05) is 13.1 Å². The Hall–Kier alpha value is -1.42. The highest BCUT2D eigenvalue weighted by atomic mass is 32.2. The Morgan fingerprint density at radius 1 is 1.45 bits per heavy atom. The minimum absolute atomic E-state index is 0.0259.